The minimum Gasteiger partial charge on any atom is -0.339 e. The van der Waals surface area contributed by atoms with Crippen LogP contribution < -0.4 is 0 Å². The van der Waals surface area contributed by atoms with Crippen molar-refractivity contribution in [3.63, 3.8) is 0 Å². The van der Waals surface area contributed by atoms with E-state index < -0.39 is 0 Å². The predicted molar refractivity (Wildman–Crippen MR) is 96.6 cm³/mol. The topological polar surface area (TPSA) is 68.8 Å². The van der Waals surface area contributed by atoms with Crippen molar-refractivity contribution in [1.29, 1.82) is 0 Å². The Morgan fingerprint density at radius 1 is 1.26 bits per heavy atom. The molecule has 0 spiro atoms. The monoisotopic (exact) mass is 368 g/mol. The number of imidazole rings is 1. The van der Waals surface area contributed by atoms with E-state index >= 15 is 0 Å². The lowest BCUT2D eigenvalue weighted by Gasteiger charge is -2.31. The van der Waals surface area contributed by atoms with Gasteiger partial charge in [0.05, 0.1) is 12.9 Å². The van der Waals surface area contributed by atoms with E-state index in [9.17, 15) is 9.18 Å². The number of carbonyl (C=O) groups excluding carboxylic acids is 1. The molecule has 3 aromatic rings. The normalized spacial score (nSPS) is 15.3. The number of piperidine rings is 1. The maximum atomic E-state index is 13.4. The second-order valence-corrected chi connectivity index (χ2v) is 6.85. The molecule has 1 saturated heterocycles. The molecule has 1 amide bonds. The zero-order chi connectivity index (χ0) is 18.8. The predicted octanol–water partition coefficient (Wildman–Crippen LogP) is 2.22. The molecular weight excluding hydrogens is 347 g/mol. The van der Waals surface area contributed by atoms with E-state index in [1.807, 2.05) is 22.4 Å². The second-order valence-electron chi connectivity index (χ2n) is 6.85. The highest BCUT2D eigenvalue weighted by Crippen LogP contribution is 2.27. The largest absolute Gasteiger partial charge is 0.339 e. The van der Waals surface area contributed by atoms with Gasteiger partial charge in [0, 0.05) is 44.0 Å². The van der Waals surface area contributed by atoms with Gasteiger partial charge in [-0.1, -0.05) is 6.07 Å². The molecule has 0 atom stereocenters. The number of aromatic nitrogens is 5. The Labute approximate surface area is 156 Å². The molecule has 4 rings (SSSR count). The van der Waals surface area contributed by atoms with Crippen molar-refractivity contribution in [2.75, 3.05) is 13.1 Å². The van der Waals surface area contributed by atoms with Crippen molar-refractivity contribution < 1.29 is 9.18 Å². The molecule has 1 fully saturated rings. The fourth-order valence-electron chi connectivity index (χ4n) is 3.56. The number of likely N-dealkylation sites (tertiary alicyclic amines) is 1. The van der Waals surface area contributed by atoms with Crippen LogP contribution in [0.1, 0.15) is 40.8 Å². The summed E-state index contributed by atoms with van der Waals surface area (Å²) in [6.07, 6.45) is 7.02. The highest BCUT2D eigenvalue weighted by atomic mass is 19.1. The summed E-state index contributed by atoms with van der Waals surface area (Å²) in [5.74, 6) is 1.58. The maximum absolute atomic E-state index is 13.4. The fraction of sp³-hybridized carbons (Fsp3) is 0.368. The van der Waals surface area contributed by atoms with E-state index in [2.05, 4.69) is 15.2 Å². The zero-order valence-electron chi connectivity index (χ0n) is 15.1. The van der Waals surface area contributed by atoms with E-state index in [0.29, 0.717) is 25.2 Å². The molecule has 0 saturated carbocycles. The van der Waals surface area contributed by atoms with Crippen LogP contribution >= 0.6 is 0 Å². The highest BCUT2D eigenvalue weighted by molar-refractivity contribution is 5.94. The van der Waals surface area contributed by atoms with Crippen LogP contribution in [0.3, 0.4) is 0 Å². The van der Waals surface area contributed by atoms with E-state index in [1.165, 1.54) is 12.1 Å². The highest BCUT2D eigenvalue weighted by Gasteiger charge is 2.28. The molecule has 1 aliphatic heterocycles. The molecule has 1 aliphatic rings. The number of nitrogens with zero attached hydrogens (tertiary/aromatic N) is 6. The van der Waals surface area contributed by atoms with E-state index in [4.69, 9.17) is 0 Å². The SMILES string of the molecule is Cn1c(Cn2ccnc2)nnc1C1CCN(C(=O)c2cccc(F)c2)CC1. The first kappa shape index (κ1) is 17.4. The van der Waals surface area contributed by atoms with Crippen LogP contribution in [0.5, 0.6) is 0 Å². The first-order chi connectivity index (χ1) is 13.1. The van der Waals surface area contributed by atoms with Crippen LogP contribution in [0.15, 0.2) is 43.0 Å². The molecule has 7 nitrogen and oxygen atoms in total. The minimum absolute atomic E-state index is 0.119. The standard InChI is InChI=1S/C19H21FN6O/c1-24-17(12-25-10-7-21-13-25)22-23-18(24)14-5-8-26(9-6-14)19(27)15-3-2-4-16(20)11-15/h2-4,7,10-11,13-14H,5-6,8-9,12H2,1H3. The quantitative estimate of drug-likeness (QED) is 0.708. The Morgan fingerprint density at radius 2 is 2.07 bits per heavy atom. The van der Waals surface area contributed by atoms with Gasteiger partial charge < -0.3 is 14.0 Å². The van der Waals surface area contributed by atoms with Gasteiger partial charge in [-0.05, 0) is 31.0 Å². The van der Waals surface area contributed by atoms with Gasteiger partial charge in [-0.15, -0.1) is 10.2 Å². The summed E-state index contributed by atoms with van der Waals surface area (Å²) in [7, 11) is 1.98. The summed E-state index contributed by atoms with van der Waals surface area (Å²) in [6.45, 7) is 1.88. The number of rotatable bonds is 4. The van der Waals surface area contributed by atoms with Crippen LogP contribution in [0.25, 0.3) is 0 Å². The molecule has 0 bridgehead atoms. The summed E-state index contributed by atoms with van der Waals surface area (Å²) < 4.78 is 17.4. The maximum Gasteiger partial charge on any atom is 0.253 e. The third-order valence-corrected chi connectivity index (χ3v) is 5.10. The van der Waals surface area contributed by atoms with Gasteiger partial charge in [-0.2, -0.15) is 0 Å². The van der Waals surface area contributed by atoms with E-state index in [0.717, 1.165) is 24.5 Å². The van der Waals surface area contributed by atoms with Crippen molar-refractivity contribution in [2.24, 2.45) is 7.05 Å². The Balaban J connectivity index is 1.41. The summed E-state index contributed by atoms with van der Waals surface area (Å²) in [5, 5.41) is 8.71. The lowest BCUT2D eigenvalue weighted by atomic mass is 9.95. The second kappa shape index (κ2) is 7.30. The number of amides is 1. The molecule has 140 valence electrons. The number of carbonyl (C=O) groups is 1. The number of hydrogen-bond acceptors (Lipinski definition) is 4. The Bertz CT molecular complexity index is 928. The first-order valence-corrected chi connectivity index (χ1v) is 9.00. The van der Waals surface area contributed by atoms with Gasteiger partial charge in [0.15, 0.2) is 5.82 Å². The van der Waals surface area contributed by atoms with Crippen LogP contribution in [0, 0.1) is 5.82 Å². The Kier molecular flexibility index (Phi) is 4.70. The van der Waals surface area contributed by atoms with Crippen molar-refractivity contribution in [3.05, 3.63) is 66.0 Å². The Hall–Kier alpha value is -3.03. The van der Waals surface area contributed by atoms with Crippen LogP contribution in [-0.2, 0) is 13.6 Å². The van der Waals surface area contributed by atoms with Gasteiger partial charge in [0.25, 0.3) is 5.91 Å². The van der Waals surface area contributed by atoms with Gasteiger partial charge in [-0.25, -0.2) is 9.37 Å². The molecule has 2 aromatic heterocycles. The van der Waals surface area contributed by atoms with Crippen molar-refractivity contribution >= 4 is 5.91 Å². The fourth-order valence-corrected chi connectivity index (χ4v) is 3.56. The van der Waals surface area contributed by atoms with Crippen LogP contribution in [-0.4, -0.2) is 48.2 Å². The van der Waals surface area contributed by atoms with Crippen molar-refractivity contribution in [3.8, 4) is 0 Å². The summed E-state index contributed by atoms with van der Waals surface area (Å²) in [6, 6.07) is 5.86. The molecule has 3 heterocycles. The van der Waals surface area contributed by atoms with Crippen LogP contribution in [0.4, 0.5) is 4.39 Å². The average molecular weight is 368 g/mol. The number of hydrogen-bond donors (Lipinski definition) is 0. The summed E-state index contributed by atoms with van der Waals surface area (Å²) in [5.41, 5.74) is 0.398. The summed E-state index contributed by atoms with van der Waals surface area (Å²) >= 11 is 0. The van der Waals surface area contributed by atoms with E-state index in [1.54, 1.807) is 29.6 Å². The molecule has 0 N–H and O–H groups in total. The molecule has 0 aliphatic carbocycles. The molecular formula is C19H21FN6O. The van der Waals surface area contributed by atoms with Gasteiger partial charge in [0.1, 0.15) is 11.6 Å². The molecule has 8 heteroatoms. The smallest absolute Gasteiger partial charge is 0.253 e. The molecule has 27 heavy (non-hydrogen) atoms. The van der Waals surface area contributed by atoms with Gasteiger partial charge in [0.2, 0.25) is 0 Å². The lowest BCUT2D eigenvalue weighted by molar-refractivity contribution is 0.0710. The molecule has 1 aromatic carbocycles. The van der Waals surface area contributed by atoms with E-state index in [-0.39, 0.29) is 17.6 Å². The third-order valence-electron chi connectivity index (χ3n) is 5.10. The third kappa shape index (κ3) is 3.60. The number of halogens is 1. The summed E-state index contributed by atoms with van der Waals surface area (Å²) in [4.78, 5) is 18.4. The first-order valence-electron chi connectivity index (χ1n) is 9.00. The Morgan fingerprint density at radius 3 is 2.78 bits per heavy atom. The average Bonchev–Trinajstić information content (AvgIpc) is 3.32. The van der Waals surface area contributed by atoms with Gasteiger partial charge >= 0.3 is 0 Å². The van der Waals surface area contributed by atoms with Crippen molar-refractivity contribution in [1.82, 2.24) is 29.2 Å². The van der Waals surface area contributed by atoms with Crippen LogP contribution in [0.2, 0.25) is 0 Å². The molecule has 0 radical (unpaired) electrons. The zero-order valence-corrected chi connectivity index (χ0v) is 15.1. The molecule has 0 unspecified atom stereocenters. The minimum atomic E-state index is -0.389. The van der Waals surface area contributed by atoms with Crippen molar-refractivity contribution in [2.45, 2.75) is 25.3 Å². The lowest BCUT2D eigenvalue weighted by Crippen LogP contribution is -2.38. The van der Waals surface area contributed by atoms with Gasteiger partial charge in [-0.3, -0.25) is 4.79 Å². The number of benzene rings is 1.